The number of para-hydroxylation sites is 2. The fraction of sp³-hybridized carbons (Fsp3) is 0.208. The standard InChI is InChI=1S/C39H35N2O.C14H16NSi.Ir/c1-24(2)31-22-27(39(4,5)6)23-32(26-13-8-7-9-14-26)36(31)41-34-18-11-10-17-33(34)40-38(41)30-16-12-15-29-28-20-19-25(3)21-35(28)42-37(29)30;1-16(2,3)13-9-10-14(15-11-13)12-7-5-4-6-8-12;/h7-15,17-24H,1-6H3;4-7,9-11H,1-3H3;/q2*-1;. The molecule has 299 valence electrons. The van der Waals surface area contributed by atoms with E-state index in [2.05, 4.69) is 186 Å². The first kappa shape index (κ1) is 41.8. The van der Waals surface area contributed by atoms with Crippen molar-refractivity contribution < 1.29 is 24.5 Å². The van der Waals surface area contributed by atoms with Gasteiger partial charge >= 0.3 is 0 Å². The topological polar surface area (TPSA) is 43.9 Å². The van der Waals surface area contributed by atoms with E-state index < -0.39 is 8.07 Å². The number of pyridine rings is 1. The zero-order valence-corrected chi connectivity index (χ0v) is 38.8. The van der Waals surface area contributed by atoms with Gasteiger partial charge in [0.25, 0.3) is 0 Å². The third-order valence-electron chi connectivity index (χ3n) is 10.9. The first-order valence-electron chi connectivity index (χ1n) is 20.3. The summed E-state index contributed by atoms with van der Waals surface area (Å²) in [4.78, 5) is 9.79. The van der Waals surface area contributed by atoms with Crippen molar-refractivity contribution in [2.75, 3.05) is 0 Å². The summed E-state index contributed by atoms with van der Waals surface area (Å²) in [6, 6.07) is 53.4. The van der Waals surface area contributed by atoms with Crippen molar-refractivity contribution in [3.8, 4) is 39.5 Å². The van der Waals surface area contributed by atoms with E-state index in [1.165, 1.54) is 33.0 Å². The van der Waals surface area contributed by atoms with Crippen molar-refractivity contribution in [2.24, 2.45) is 0 Å². The van der Waals surface area contributed by atoms with Gasteiger partial charge in [0.05, 0.1) is 30.5 Å². The molecule has 0 unspecified atom stereocenters. The molecule has 0 bridgehead atoms. The Morgan fingerprint density at radius 2 is 1.49 bits per heavy atom. The third kappa shape index (κ3) is 8.40. The number of rotatable bonds is 6. The summed E-state index contributed by atoms with van der Waals surface area (Å²) in [6.07, 6.45) is 2.02. The summed E-state index contributed by atoms with van der Waals surface area (Å²) in [7, 11) is -1.23. The molecule has 0 aliphatic carbocycles. The van der Waals surface area contributed by atoms with E-state index in [4.69, 9.17) is 9.40 Å². The largest absolute Gasteiger partial charge is 0.501 e. The van der Waals surface area contributed by atoms with Crippen molar-refractivity contribution in [3.05, 3.63) is 168 Å². The maximum Gasteiger partial charge on any atom is 0.121 e. The summed E-state index contributed by atoms with van der Waals surface area (Å²) >= 11 is 0. The van der Waals surface area contributed by atoms with Crippen LogP contribution in [0.15, 0.2) is 144 Å². The average molecular weight is 966 g/mol. The molecule has 0 saturated heterocycles. The SMILES string of the molecule is C[Si](C)(C)c1ccc(-c2[c-]cccc2)nc1.Cc1ccc2c(c1)oc1c(-c3nc4ccccc4n3-c3c(-c4ccccc4)cc(C(C)(C)C)cc3C(C)C)[c-]ccc12.[Ir]. The molecule has 0 amide bonds. The fourth-order valence-electron chi connectivity index (χ4n) is 7.60. The second-order valence-electron chi connectivity index (χ2n) is 17.6. The second-order valence-corrected chi connectivity index (χ2v) is 22.7. The molecule has 9 rings (SSSR count). The quantitative estimate of drug-likeness (QED) is 0.123. The number of hydrogen-bond donors (Lipinski definition) is 0. The molecule has 0 aliphatic rings. The maximum atomic E-state index is 6.58. The molecule has 0 saturated carbocycles. The van der Waals surface area contributed by atoms with E-state index >= 15 is 0 Å². The maximum absolute atomic E-state index is 6.58. The van der Waals surface area contributed by atoms with Crippen LogP contribution in [0.4, 0.5) is 0 Å². The zero-order valence-electron chi connectivity index (χ0n) is 35.4. The van der Waals surface area contributed by atoms with Crippen molar-refractivity contribution in [1.82, 2.24) is 14.5 Å². The first-order chi connectivity index (χ1) is 27.8. The molecule has 0 aliphatic heterocycles. The molecule has 9 aromatic rings. The van der Waals surface area contributed by atoms with Crippen LogP contribution in [0.3, 0.4) is 0 Å². The van der Waals surface area contributed by atoms with Gasteiger partial charge in [0.2, 0.25) is 0 Å². The molecular weight excluding hydrogens is 915 g/mol. The van der Waals surface area contributed by atoms with Gasteiger partial charge in [0.1, 0.15) is 5.58 Å². The van der Waals surface area contributed by atoms with E-state index in [0.29, 0.717) is 0 Å². The van der Waals surface area contributed by atoms with Crippen LogP contribution in [0.1, 0.15) is 57.2 Å². The minimum atomic E-state index is -1.23. The van der Waals surface area contributed by atoms with E-state index in [-0.39, 0.29) is 31.4 Å². The summed E-state index contributed by atoms with van der Waals surface area (Å²) in [5, 5.41) is 3.58. The van der Waals surface area contributed by atoms with E-state index in [0.717, 1.165) is 61.3 Å². The van der Waals surface area contributed by atoms with Gasteiger partial charge in [0.15, 0.2) is 0 Å². The Morgan fingerprint density at radius 1 is 0.746 bits per heavy atom. The summed E-state index contributed by atoms with van der Waals surface area (Å²) in [5.41, 5.74) is 14.0. The van der Waals surface area contributed by atoms with Gasteiger partial charge in [-0.05, 0) is 75.7 Å². The molecule has 0 spiro atoms. The number of fused-ring (bicyclic) bond motifs is 4. The van der Waals surface area contributed by atoms with Crippen LogP contribution in [0.25, 0.3) is 72.4 Å². The molecule has 0 atom stereocenters. The molecule has 0 N–H and O–H groups in total. The van der Waals surface area contributed by atoms with Gasteiger partial charge in [-0.2, -0.15) is 0 Å². The first-order valence-corrected chi connectivity index (χ1v) is 23.8. The van der Waals surface area contributed by atoms with Gasteiger partial charge in [-0.25, -0.2) is 0 Å². The normalized spacial score (nSPS) is 11.8. The Hall–Kier alpha value is -5.39. The predicted octanol–water partition coefficient (Wildman–Crippen LogP) is 13.9. The zero-order chi connectivity index (χ0) is 40.8. The molecule has 0 fully saturated rings. The predicted molar refractivity (Wildman–Crippen MR) is 247 cm³/mol. The number of aryl methyl sites for hydroxylation is 1. The Morgan fingerprint density at radius 3 is 2.17 bits per heavy atom. The number of benzene rings is 6. The van der Waals surface area contributed by atoms with Gasteiger partial charge in [0, 0.05) is 42.9 Å². The summed E-state index contributed by atoms with van der Waals surface area (Å²) in [6.45, 7) is 20.5. The van der Waals surface area contributed by atoms with Crippen molar-refractivity contribution in [2.45, 2.75) is 72.5 Å². The van der Waals surface area contributed by atoms with Gasteiger partial charge in [-0.1, -0.05) is 138 Å². The molecule has 4 nitrogen and oxygen atoms in total. The average Bonchev–Trinajstić information content (AvgIpc) is 3.79. The van der Waals surface area contributed by atoms with Crippen molar-refractivity contribution in [1.29, 1.82) is 0 Å². The van der Waals surface area contributed by atoms with Gasteiger partial charge in [-0.3, -0.25) is 4.98 Å². The number of imidazole rings is 1. The fourth-order valence-corrected chi connectivity index (χ4v) is 8.64. The van der Waals surface area contributed by atoms with Crippen molar-refractivity contribution in [3.63, 3.8) is 0 Å². The number of nitrogens with zero attached hydrogens (tertiary/aromatic N) is 3. The van der Waals surface area contributed by atoms with Gasteiger partial charge in [-0.15, -0.1) is 54.1 Å². The molecular formula is C53H51IrN3OSi-2. The van der Waals surface area contributed by atoms with E-state index in [9.17, 15) is 0 Å². The van der Waals surface area contributed by atoms with Crippen LogP contribution >= 0.6 is 0 Å². The number of furan rings is 1. The van der Waals surface area contributed by atoms with Crippen LogP contribution in [-0.4, -0.2) is 22.6 Å². The molecule has 3 heterocycles. The Bertz CT molecular complexity index is 2880. The number of hydrogen-bond acceptors (Lipinski definition) is 3. The molecule has 59 heavy (non-hydrogen) atoms. The van der Waals surface area contributed by atoms with E-state index in [1.807, 2.05) is 36.5 Å². The second kappa shape index (κ2) is 16.7. The van der Waals surface area contributed by atoms with Crippen LogP contribution < -0.4 is 5.19 Å². The molecule has 6 aromatic carbocycles. The number of aromatic nitrogens is 3. The molecule has 1 radical (unpaired) electrons. The van der Waals surface area contributed by atoms with Crippen LogP contribution in [0.2, 0.25) is 19.6 Å². The van der Waals surface area contributed by atoms with Crippen molar-refractivity contribution >= 4 is 46.2 Å². The Labute approximate surface area is 363 Å². The van der Waals surface area contributed by atoms with Gasteiger partial charge < -0.3 is 14.0 Å². The third-order valence-corrected chi connectivity index (χ3v) is 13.0. The van der Waals surface area contributed by atoms with E-state index in [1.54, 1.807) is 0 Å². The van der Waals surface area contributed by atoms with Crippen LogP contribution in [-0.2, 0) is 25.5 Å². The minimum absolute atomic E-state index is 0. The minimum Gasteiger partial charge on any atom is -0.501 e. The Balaban J connectivity index is 0.000000262. The summed E-state index contributed by atoms with van der Waals surface area (Å²) in [5.74, 6) is 1.12. The molecule has 6 heteroatoms. The monoisotopic (exact) mass is 966 g/mol. The van der Waals surface area contributed by atoms with Crippen LogP contribution in [0, 0.1) is 19.1 Å². The molecule has 3 aromatic heterocycles. The smallest absolute Gasteiger partial charge is 0.121 e. The van der Waals surface area contributed by atoms with Crippen LogP contribution in [0.5, 0.6) is 0 Å². The summed E-state index contributed by atoms with van der Waals surface area (Å²) < 4.78 is 8.93. The Kier molecular flexibility index (Phi) is 11.8.